The molecule has 2 N–H and O–H groups in total. The maximum absolute atomic E-state index is 12.7. The van der Waals surface area contributed by atoms with Crippen LogP contribution in [0.3, 0.4) is 0 Å². The number of carbonyl (C=O) groups is 2. The predicted molar refractivity (Wildman–Crippen MR) is 104 cm³/mol. The molecule has 0 saturated carbocycles. The van der Waals surface area contributed by atoms with E-state index in [4.69, 9.17) is 4.74 Å². The van der Waals surface area contributed by atoms with Gasteiger partial charge in [0.25, 0.3) is 5.91 Å². The number of aryl methyl sites for hydroxylation is 2. The number of esters is 1. The van der Waals surface area contributed by atoms with Crippen LogP contribution in [0.1, 0.15) is 44.7 Å². The van der Waals surface area contributed by atoms with Crippen molar-refractivity contribution in [1.82, 2.24) is 15.0 Å². The third-order valence-corrected chi connectivity index (χ3v) is 5.15. The molecule has 0 aliphatic heterocycles. The molecule has 1 amide bonds. The third-order valence-electron chi connectivity index (χ3n) is 4.06. The lowest BCUT2D eigenvalue weighted by molar-refractivity contribution is 0.0525. The molecule has 0 saturated heterocycles. The van der Waals surface area contributed by atoms with Gasteiger partial charge in [0, 0.05) is 11.9 Å². The van der Waals surface area contributed by atoms with Crippen molar-refractivity contribution in [2.75, 3.05) is 11.9 Å². The summed E-state index contributed by atoms with van der Waals surface area (Å²) in [6.07, 6.45) is 1.72. The molecule has 3 heterocycles. The van der Waals surface area contributed by atoms with Gasteiger partial charge in [-0.15, -0.1) is 0 Å². The molecule has 3 rings (SSSR count). The van der Waals surface area contributed by atoms with Gasteiger partial charge in [0.05, 0.1) is 28.4 Å². The van der Waals surface area contributed by atoms with Crippen LogP contribution >= 0.6 is 11.3 Å². The van der Waals surface area contributed by atoms with Crippen LogP contribution in [0.2, 0.25) is 0 Å². The summed E-state index contributed by atoms with van der Waals surface area (Å²) in [6, 6.07) is 5.65. The van der Waals surface area contributed by atoms with Crippen LogP contribution in [0.5, 0.6) is 0 Å². The first kappa shape index (κ1) is 18.8. The molecule has 0 fully saturated rings. The van der Waals surface area contributed by atoms with Crippen LogP contribution in [-0.2, 0) is 4.74 Å². The molecule has 27 heavy (non-hydrogen) atoms. The summed E-state index contributed by atoms with van der Waals surface area (Å²) in [5, 5.41) is 3.27. The molecule has 0 bridgehead atoms. The molecule has 3 aromatic heterocycles. The second-order valence-electron chi connectivity index (χ2n) is 5.95. The highest BCUT2D eigenvalue weighted by atomic mass is 32.1. The van der Waals surface area contributed by atoms with Gasteiger partial charge in [-0.3, -0.25) is 15.1 Å². The molecule has 140 valence electrons. The zero-order valence-corrected chi connectivity index (χ0v) is 16.4. The fourth-order valence-corrected chi connectivity index (χ4v) is 3.77. The number of carbonyl (C=O) groups excluding carboxylic acids is 2. The van der Waals surface area contributed by atoms with Crippen LogP contribution < -0.4 is 5.32 Å². The van der Waals surface area contributed by atoms with Gasteiger partial charge in [-0.25, -0.2) is 9.78 Å². The normalized spacial score (nSPS) is 10.7. The summed E-state index contributed by atoms with van der Waals surface area (Å²) in [5.74, 6) is -0.794. The van der Waals surface area contributed by atoms with Crippen molar-refractivity contribution in [2.45, 2.75) is 27.7 Å². The first-order valence-electron chi connectivity index (χ1n) is 8.48. The Hall–Kier alpha value is -3.00. The molecule has 0 aliphatic rings. The van der Waals surface area contributed by atoms with Gasteiger partial charge < -0.3 is 9.72 Å². The van der Waals surface area contributed by atoms with E-state index in [0.717, 1.165) is 16.3 Å². The average Bonchev–Trinajstić information content (AvgIpc) is 3.15. The molecule has 0 aromatic carbocycles. The van der Waals surface area contributed by atoms with E-state index in [-0.39, 0.29) is 12.5 Å². The number of rotatable bonds is 5. The molecular weight excluding hydrogens is 364 g/mol. The highest BCUT2D eigenvalue weighted by molar-refractivity contribution is 7.19. The van der Waals surface area contributed by atoms with Gasteiger partial charge in [0.1, 0.15) is 5.69 Å². The molecular formula is C19H20N4O3S. The lowest BCUT2D eigenvalue weighted by Crippen LogP contribution is -2.14. The first-order chi connectivity index (χ1) is 12.9. The lowest BCUT2D eigenvalue weighted by atomic mass is 10.1. The molecule has 0 spiro atoms. The summed E-state index contributed by atoms with van der Waals surface area (Å²) in [4.78, 5) is 37.4. The number of hydrogen-bond donors (Lipinski definition) is 2. The van der Waals surface area contributed by atoms with E-state index >= 15 is 0 Å². The standard InChI is InChI=1S/C19H20N4O3S/c1-5-26-18(25)14-10(2)15(21-11(14)3)17(24)23-19-22-12(4)16(27-19)13-8-6-7-9-20-13/h6-9,21H,5H2,1-4H3,(H,22,23,24). The molecule has 3 aromatic rings. The molecule has 0 aliphatic carbocycles. The van der Waals surface area contributed by atoms with Crippen LogP contribution in [-0.4, -0.2) is 33.4 Å². The minimum atomic E-state index is -0.440. The first-order valence-corrected chi connectivity index (χ1v) is 9.30. The molecule has 8 heteroatoms. The Morgan fingerprint density at radius 3 is 2.70 bits per heavy atom. The smallest absolute Gasteiger partial charge is 0.340 e. The molecule has 0 unspecified atom stereocenters. The number of pyridine rings is 1. The molecule has 0 atom stereocenters. The Balaban J connectivity index is 1.85. The molecule has 0 radical (unpaired) electrons. The Kier molecular flexibility index (Phi) is 5.36. The lowest BCUT2D eigenvalue weighted by Gasteiger charge is -2.03. The van der Waals surface area contributed by atoms with Gasteiger partial charge in [-0.05, 0) is 45.4 Å². The van der Waals surface area contributed by atoms with Crippen molar-refractivity contribution in [3.63, 3.8) is 0 Å². The summed E-state index contributed by atoms with van der Waals surface area (Å²) in [6.45, 7) is 7.35. The number of nitrogens with one attached hydrogen (secondary N) is 2. The highest BCUT2D eigenvalue weighted by Crippen LogP contribution is 2.31. The summed E-state index contributed by atoms with van der Waals surface area (Å²) < 4.78 is 5.06. The number of aromatic amines is 1. The zero-order valence-electron chi connectivity index (χ0n) is 15.5. The second kappa shape index (κ2) is 7.71. The van der Waals surface area contributed by atoms with Gasteiger partial charge in [0.15, 0.2) is 5.13 Å². The number of ether oxygens (including phenoxy) is 1. The average molecular weight is 384 g/mol. The number of H-pyrrole nitrogens is 1. The summed E-state index contributed by atoms with van der Waals surface area (Å²) in [7, 11) is 0. The fourth-order valence-electron chi connectivity index (χ4n) is 2.83. The van der Waals surface area contributed by atoms with E-state index in [9.17, 15) is 9.59 Å². The minimum absolute atomic E-state index is 0.277. The number of anilines is 1. The zero-order chi connectivity index (χ0) is 19.6. The van der Waals surface area contributed by atoms with Crippen LogP contribution in [0.25, 0.3) is 10.6 Å². The predicted octanol–water partition coefficient (Wildman–Crippen LogP) is 3.89. The Morgan fingerprint density at radius 2 is 2.04 bits per heavy atom. The highest BCUT2D eigenvalue weighted by Gasteiger charge is 2.23. The van der Waals surface area contributed by atoms with Crippen molar-refractivity contribution in [1.29, 1.82) is 0 Å². The van der Waals surface area contributed by atoms with E-state index in [0.29, 0.717) is 27.6 Å². The van der Waals surface area contributed by atoms with Gasteiger partial charge >= 0.3 is 5.97 Å². The monoisotopic (exact) mass is 384 g/mol. The quantitative estimate of drug-likeness (QED) is 0.651. The fraction of sp³-hybridized carbons (Fsp3) is 0.263. The SMILES string of the molecule is CCOC(=O)c1c(C)[nH]c(C(=O)Nc2nc(C)c(-c3ccccn3)s2)c1C. The van der Waals surface area contributed by atoms with Gasteiger partial charge in [-0.1, -0.05) is 17.4 Å². The second-order valence-corrected chi connectivity index (χ2v) is 6.95. The Bertz CT molecular complexity index is 992. The number of nitrogens with zero attached hydrogens (tertiary/aromatic N) is 2. The summed E-state index contributed by atoms with van der Waals surface area (Å²) >= 11 is 1.36. The van der Waals surface area contributed by atoms with E-state index < -0.39 is 5.97 Å². The third kappa shape index (κ3) is 3.75. The number of thiazole rings is 1. The Labute approximate surface area is 160 Å². The number of aromatic nitrogens is 3. The van der Waals surface area contributed by atoms with Crippen molar-refractivity contribution < 1.29 is 14.3 Å². The van der Waals surface area contributed by atoms with Crippen molar-refractivity contribution in [3.05, 3.63) is 52.6 Å². The van der Waals surface area contributed by atoms with Crippen LogP contribution in [0, 0.1) is 20.8 Å². The van der Waals surface area contributed by atoms with E-state index in [2.05, 4.69) is 20.3 Å². The minimum Gasteiger partial charge on any atom is -0.462 e. The van der Waals surface area contributed by atoms with Crippen molar-refractivity contribution in [3.8, 4) is 10.6 Å². The van der Waals surface area contributed by atoms with Crippen LogP contribution in [0.15, 0.2) is 24.4 Å². The number of amides is 1. The van der Waals surface area contributed by atoms with E-state index in [1.54, 1.807) is 27.0 Å². The van der Waals surface area contributed by atoms with Gasteiger partial charge in [0.2, 0.25) is 0 Å². The van der Waals surface area contributed by atoms with E-state index in [1.165, 1.54) is 11.3 Å². The maximum atomic E-state index is 12.7. The van der Waals surface area contributed by atoms with Crippen molar-refractivity contribution >= 4 is 28.3 Å². The molecule has 7 nitrogen and oxygen atoms in total. The topological polar surface area (TPSA) is 97.0 Å². The number of hydrogen-bond acceptors (Lipinski definition) is 6. The Morgan fingerprint density at radius 1 is 1.26 bits per heavy atom. The largest absolute Gasteiger partial charge is 0.462 e. The summed E-state index contributed by atoms with van der Waals surface area (Å²) in [5.41, 5.74) is 3.47. The van der Waals surface area contributed by atoms with Crippen molar-refractivity contribution in [2.24, 2.45) is 0 Å². The van der Waals surface area contributed by atoms with Crippen LogP contribution in [0.4, 0.5) is 5.13 Å². The van der Waals surface area contributed by atoms with Gasteiger partial charge in [-0.2, -0.15) is 0 Å². The van der Waals surface area contributed by atoms with E-state index in [1.807, 2.05) is 25.1 Å². The maximum Gasteiger partial charge on any atom is 0.340 e.